The lowest BCUT2D eigenvalue weighted by Gasteiger charge is -2.29. The number of carbonyl (C=O) groups is 1. The van der Waals surface area contributed by atoms with Crippen molar-refractivity contribution >= 4 is 22.7 Å². The topological polar surface area (TPSA) is 84.1 Å². The molecule has 0 saturated carbocycles. The van der Waals surface area contributed by atoms with Crippen LogP contribution in [-0.4, -0.2) is 59.9 Å². The van der Waals surface area contributed by atoms with Crippen LogP contribution in [0.4, 0.5) is 8.78 Å². The summed E-state index contributed by atoms with van der Waals surface area (Å²) in [5.74, 6) is -2.28. The van der Waals surface area contributed by atoms with Crippen LogP contribution in [0, 0.1) is 11.6 Å². The highest BCUT2D eigenvalue weighted by molar-refractivity contribution is 8.17. The lowest BCUT2D eigenvalue weighted by molar-refractivity contribution is 0.0707. The average Bonchev–Trinajstić information content (AvgIpc) is 2.82. The molecule has 190 valence electrons. The predicted octanol–water partition coefficient (Wildman–Crippen LogP) is 4.22. The van der Waals surface area contributed by atoms with E-state index in [0.29, 0.717) is 36.7 Å². The molecule has 0 unspecified atom stereocenters. The highest BCUT2D eigenvalue weighted by atomic mass is 32.2. The number of allylic oxidation sites excluding steroid dienone is 2. The standard InChI is InChI=1S/C23H25F2N3O3S.C2H6O/c1-4-6-16(11-14-7-8-15(24)12-18(14)25)32-22(26-3)17-13-28-10-9-27(5-2)23(31)19(28)21(30)20(17)29;1-3-2/h6-8,12-13,30H,4-5,9-11H2,1-3H3;1-2H3/b16-6+,26-22?;. The van der Waals surface area contributed by atoms with Gasteiger partial charge < -0.3 is 19.3 Å². The summed E-state index contributed by atoms with van der Waals surface area (Å²) in [6.45, 7) is 5.16. The fourth-order valence-electron chi connectivity index (χ4n) is 3.56. The zero-order chi connectivity index (χ0) is 26.1. The van der Waals surface area contributed by atoms with E-state index in [1.807, 2.05) is 19.9 Å². The molecule has 2 heterocycles. The number of aromatic nitrogens is 1. The molecule has 3 rings (SSSR count). The van der Waals surface area contributed by atoms with Gasteiger partial charge in [-0.2, -0.15) is 0 Å². The van der Waals surface area contributed by atoms with E-state index >= 15 is 0 Å². The largest absolute Gasteiger partial charge is 0.503 e. The second-order valence-electron chi connectivity index (χ2n) is 7.68. The van der Waals surface area contributed by atoms with Crippen LogP contribution in [0.25, 0.3) is 0 Å². The molecule has 1 aromatic heterocycles. The summed E-state index contributed by atoms with van der Waals surface area (Å²) in [7, 11) is 4.77. The normalized spacial score (nSPS) is 13.9. The Hall–Kier alpha value is -2.98. The first kappa shape index (κ1) is 28.3. The summed E-state index contributed by atoms with van der Waals surface area (Å²) in [5, 5.41) is 10.9. The molecule has 0 radical (unpaired) electrons. The van der Waals surface area contributed by atoms with E-state index in [9.17, 15) is 23.5 Å². The number of likely N-dealkylation sites (N-methyl/N-ethyl adjacent to an activating group) is 1. The fraction of sp³-hybridized carbons (Fsp3) is 0.400. The minimum Gasteiger partial charge on any atom is -0.503 e. The van der Waals surface area contributed by atoms with E-state index in [1.54, 1.807) is 29.9 Å². The van der Waals surface area contributed by atoms with E-state index in [0.717, 1.165) is 11.0 Å². The molecule has 0 saturated heterocycles. The SMILES string of the molecule is CC/C=C(\Cc1ccc(F)cc1F)SC(=NC)c1cn2c(c(O)c1=O)C(=O)N(CC)CC2.COC. The van der Waals surface area contributed by atoms with Gasteiger partial charge in [0.2, 0.25) is 5.43 Å². The summed E-state index contributed by atoms with van der Waals surface area (Å²) in [6.07, 6.45) is 4.29. The molecular formula is C25H31F2N3O4S. The third kappa shape index (κ3) is 6.79. The molecule has 0 spiro atoms. The summed E-state index contributed by atoms with van der Waals surface area (Å²) >= 11 is 1.19. The van der Waals surface area contributed by atoms with Gasteiger partial charge in [-0.05, 0) is 29.9 Å². The first-order chi connectivity index (χ1) is 16.7. The molecule has 0 fully saturated rings. The second kappa shape index (κ2) is 13.2. The Balaban J connectivity index is 0.00000137. The molecule has 0 bridgehead atoms. The highest BCUT2D eigenvalue weighted by Gasteiger charge is 2.29. The van der Waals surface area contributed by atoms with Crippen molar-refractivity contribution in [1.29, 1.82) is 0 Å². The Bertz CT molecular complexity index is 1180. The lowest BCUT2D eigenvalue weighted by atomic mass is 10.1. The maximum Gasteiger partial charge on any atom is 0.274 e. The van der Waals surface area contributed by atoms with Crippen molar-refractivity contribution in [2.24, 2.45) is 4.99 Å². The first-order valence-electron chi connectivity index (χ1n) is 11.2. The number of pyridine rings is 1. The monoisotopic (exact) mass is 507 g/mol. The van der Waals surface area contributed by atoms with Crippen LogP contribution in [0.3, 0.4) is 0 Å². The number of hydrogen-bond acceptors (Lipinski definition) is 6. The van der Waals surface area contributed by atoms with Crippen LogP contribution in [0.5, 0.6) is 5.75 Å². The van der Waals surface area contributed by atoms with E-state index in [4.69, 9.17) is 0 Å². The molecular weight excluding hydrogens is 476 g/mol. The summed E-state index contributed by atoms with van der Waals surface area (Å²) in [6, 6.07) is 3.43. The number of carbonyl (C=O) groups excluding carboxylic acids is 1. The molecule has 1 amide bonds. The number of nitrogens with zero attached hydrogens (tertiary/aromatic N) is 3. The third-order valence-electron chi connectivity index (χ3n) is 5.21. The van der Waals surface area contributed by atoms with Gasteiger partial charge in [0, 0.05) is 59.6 Å². The van der Waals surface area contributed by atoms with Gasteiger partial charge in [-0.25, -0.2) is 8.78 Å². The minimum atomic E-state index is -0.681. The number of rotatable bonds is 6. The zero-order valence-corrected chi connectivity index (χ0v) is 21.4. The Kier molecular flexibility index (Phi) is 10.7. The van der Waals surface area contributed by atoms with E-state index in [2.05, 4.69) is 9.73 Å². The van der Waals surface area contributed by atoms with Crippen LogP contribution >= 0.6 is 11.8 Å². The Morgan fingerprint density at radius 1 is 1.23 bits per heavy atom. The molecule has 35 heavy (non-hydrogen) atoms. The van der Waals surface area contributed by atoms with Crippen molar-refractivity contribution in [3.8, 4) is 5.75 Å². The molecule has 1 aliphatic heterocycles. The number of aliphatic imine (C=N–C) groups is 1. The van der Waals surface area contributed by atoms with Gasteiger partial charge in [0.25, 0.3) is 5.91 Å². The van der Waals surface area contributed by atoms with Crippen molar-refractivity contribution in [2.75, 3.05) is 34.4 Å². The second-order valence-corrected chi connectivity index (χ2v) is 8.79. The molecule has 10 heteroatoms. The smallest absolute Gasteiger partial charge is 0.274 e. The summed E-state index contributed by atoms with van der Waals surface area (Å²) in [4.78, 5) is 32.0. The van der Waals surface area contributed by atoms with Gasteiger partial charge in [0.15, 0.2) is 11.4 Å². The fourth-order valence-corrected chi connectivity index (χ4v) is 4.63. The Morgan fingerprint density at radius 2 is 1.91 bits per heavy atom. The van der Waals surface area contributed by atoms with Gasteiger partial charge >= 0.3 is 0 Å². The van der Waals surface area contributed by atoms with E-state index in [-0.39, 0.29) is 23.6 Å². The molecule has 1 N–H and O–H groups in total. The van der Waals surface area contributed by atoms with Gasteiger partial charge in [0.05, 0.1) is 5.56 Å². The number of ether oxygens (including phenoxy) is 1. The average molecular weight is 508 g/mol. The van der Waals surface area contributed by atoms with Crippen molar-refractivity contribution < 1.29 is 23.4 Å². The number of aromatic hydroxyl groups is 1. The van der Waals surface area contributed by atoms with E-state index in [1.165, 1.54) is 30.9 Å². The van der Waals surface area contributed by atoms with Crippen molar-refractivity contribution in [2.45, 2.75) is 33.2 Å². The van der Waals surface area contributed by atoms with Crippen LogP contribution in [0.2, 0.25) is 0 Å². The molecule has 0 aliphatic carbocycles. The zero-order valence-electron chi connectivity index (χ0n) is 20.6. The number of amides is 1. The number of benzene rings is 1. The van der Waals surface area contributed by atoms with Crippen molar-refractivity contribution in [3.05, 3.63) is 74.1 Å². The first-order valence-corrected chi connectivity index (χ1v) is 12.0. The van der Waals surface area contributed by atoms with Gasteiger partial charge in [0.1, 0.15) is 16.7 Å². The number of fused-ring (bicyclic) bond motifs is 1. The summed E-state index contributed by atoms with van der Waals surface area (Å²) in [5.41, 5.74) is -0.216. The Labute approximate surface area is 208 Å². The lowest BCUT2D eigenvalue weighted by Crippen LogP contribution is -2.42. The highest BCUT2D eigenvalue weighted by Crippen LogP contribution is 2.28. The quantitative estimate of drug-likeness (QED) is 0.468. The number of halogens is 2. The van der Waals surface area contributed by atoms with Gasteiger partial charge in [-0.3, -0.25) is 14.6 Å². The molecule has 2 aromatic rings. The maximum atomic E-state index is 14.2. The molecule has 1 aromatic carbocycles. The van der Waals surface area contributed by atoms with Crippen molar-refractivity contribution in [1.82, 2.24) is 9.47 Å². The van der Waals surface area contributed by atoms with Crippen LogP contribution in [0.15, 0.2) is 45.2 Å². The predicted molar refractivity (Wildman–Crippen MR) is 135 cm³/mol. The van der Waals surface area contributed by atoms with Gasteiger partial charge in [-0.15, -0.1) is 0 Å². The number of thioether (sulfide) groups is 1. The summed E-state index contributed by atoms with van der Waals surface area (Å²) < 4.78 is 33.2. The van der Waals surface area contributed by atoms with Gasteiger partial charge in [-0.1, -0.05) is 30.8 Å². The minimum absolute atomic E-state index is 0.0231. The van der Waals surface area contributed by atoms with Crippen molar-refractivity contribution in [3.63, 3.8) is 0 Å². The van der Waals surface area contributed by atoms with Crippen LogP contribution < -0.4 is 5.43 Å². The van der Waals surface area contributed by atoms with Crippen LogP contribution in [-0.2, 0) is 17.7 Å². The molecule has 0 atom stereocenters. The van der Waals surface area contributed by atoms with E-state index < -0.39 is 22.8 Å². The number of hydrogen-bond donors (Lipinski definition) is 1. The Morgan fingerprint density at radius 3 is 2.49 bits per heavy atom. The van der Waals surface area contributed by atoms with Crippen LogP contribution in [0.1, 0.15) is 41.9 Å². The third-order valence-corrected chi connectivity index (χ3v) is 6.38. The number of methoxy groups -OCH3 is 1. The maximum absolute atomic E-state index is 14.2. The molecule has 1 aliphatic rings. The molecule has 7 nitrogen and oxygen atoms in total.